The number of hydrogen-bond donors (Lipinski definition) is 1. The molecule has 8 heteroatoms. The van der Waals surface area contributed by atoms with Gasteiger partial charge in [-0.15, -0.1) is 29.3 Å². The van der Waals surface area contributed by atoms with Crippen molar-refractivity contribution in [3.05, 3.63) is 45.9 Å². The van der Waals surface area contributed by atoms with Gasteiger partial charge >= 0.3 is 0 Å². The van der Waals surface area contributed by atoms with Crippen LogP contribution in [0.5, 0.6) is 0 Å². The Balaban J connectivity index is 2.21. The fraction of sp³-hybridized carbons (Fsp3) is 0.188. The van der Waals surface area contributed by atoms with Gasteiger partial charge in [-0.05, 0) is 18.4 Å². The van der Waals surface area contributed by atoms with E-state index < -0.39 is 11.2 Å². The van der Waals surface area contributed by atoms with Crippen LogP contribution in [0.15, 0.2) is 45.5 Å². The number of thioether (sulfide) groups is 1. The van der Waals surface area contributed by atoms with Crippen molar-refractivity contribution >= 4 is 50.6 Å². The zero-order valence-electron chi connectivity index (χ0n) is 12.9. The first-order valence-corrected chi connectivity index (χ1v) is 9.79. The second-order valence-electron chi connectivity index (χ2n) is 5.07. The average molecular weight is 378 g/mol. The van der Waals surface area contributed by atoms with Gasteiger partial charge in [0.25, 0.3) is 5.56 Å². The molecular formula is C16H15N3O2S3. The van der Waals surface area contributed by atoms with E-state index in [4.69, 9.17) is 5.73 Å². The number of rotatable bonds is 6. The molecule has 0 spiro atoms. The predicted octanol–water partition coefficient (Wildman–Crippen LogP) is 3.34. The summed E-state index contributed by atoms with van der Waals surface area (Å²) in [6, 6.07) is 3.94. The molecule has 2 N–H and O–H groups in total. The van der Waals surface area contributed by atoms with Crippen molar-refractivity contribution in [3.8, 4) is 10.4 Å². The molecule has 0 aliphatic heterocycles. The summed E-state index contributed by atoms with van der Waals surface area (Å²) in [5, 5.41) is 4.56. The number of carbonyl (C=O) groups is 1. The van der Waals surface area contributed by atoms with Crippen LogP contribution in [0.25, 0.3) is 20.7 Å². The average Bonchev–Trinajstić information content (AvgIpc) is 3.19. The molecule has 1 amide bonds. The number of hydrogen-bond acceptors (Lipinski definition) is 6. The lowest BCUT2D eigenvalue weighted by Crippen LogP contribution is -2.26. The number of nitrogens with zero attached hydrogens (tertiary/aromatic N) is 2. The zero-order valence-corrected chi connectivity index (χ0v) is 15.3. The van der Waals surface area contributed by atoms with E-state index in [1.807, 2.05) is 22.9 Å². The molecule has 0 aliphatic rings. The first-order valence-electron chi connectivity index (χ1n) is 7.15. The zero-order chi connectivity index (χ0) is 17.3. The van der Waals surface area contributed by atoms with E-state index in [2.05, 4.69) is 11.6 Å². The monoisotopic (exact) mass is 377 g/mol. The fourth-order valence-corrected chi connectivity index (χ4v) is 4.89. The molecule has 124 valence electrons. The Labute approximate surface area is 150 Å². The number of fused-ring (bicyclic) bond motifs is 1. The third-order valence-corrected chi connectivity index (χ3v) is 6.32. The normalized spacial score (nSPS) is 12.4. The Morgan fingerprint density at radius 3 is 2.96 bits per heavy atom. The molecule has 0 aromatic carbocycles. The third kappa shape index (κ3) is 3.04. The van der Waals surface area contributed by atoms with E-state index >= 15 is 0 Å². The van der Waals surface area contributed by atoms with Gasteiger partial charge in [0.05, 0.1) is 10.6 Å². The van der Waals surface area contributed by atoms with Gasteiger partial charge in [0.15, 0.2) is 5.16 Å². The van der Waals surface area contributed by atoms with Crippen molar-refractivity contribution in [2.75, 3.05) is 0 Å². The summed E-state index contributed by atoms with van der Waals surface area (Å²) in [6.07, 6.45) is 1.64. The topological polar surface area (TPSA) is 78.0 Å². The molecule has 5 nitrogen and oxygen atoms in total. The molecular weight excluding hydrogens is 362 g/mol. The number of amides is 1. The smallest absolute Gasteiger partial charge is 0.263 e. The van der Waals surface area contributed by atoms with Gasteiger partial charge in [0.2, 0.25) is 5.91 Å². The van der Waals surface area contributed by atoms with Crippen LogP contribution < -0.4 is 11.3 Å². The minimum Gasteiger partial charge on any atom is -0.369 e. The molecule has 0 unspecified atom stereocenters. The van der Waals surface area contributed by atoms with Gasteiger partial charge in [0.1, 0.15) is 4.83 Å². The summed E-state index contributed by atoms with van der Waals surface area (Å²) < 4.78 is 1.54. The number of thiophene rings is 2. The number of carbonyl (C=O) groups excluding carboxylic acids is 1. The predicted molar refractivity (Wildman–Crippen MR) is 102 cm³/mol. The van der Waals surface area contributed by atoms with Gasteiger partial charge in [-0.3, -0.25) is 14.2 Å². The molecule has 0 radical (unpaired) electrons. The van der Waals surface area contributed by atoms with E-state index in [1.54, 1.807) is 28.9 Å². The van der Waals surface area contributed by atoms with Gasteiger partial charge in [0, 0.05) is 22.4 Å². The summed E-state index contributed by atoms with van der Waals surface area (Å²) in [4.78, 5) is 30.7. The molecule has 1 atom stereocenters. The standard InChI is InChI=1S/C16H15N3O2S3/c1-3-6-19-15(21)12-10(11-5-4-7-22-11)8-23-14(12)18-16(19)24-9(2)13(17)20/h3-5,7-9H,1,6H2,2H3,(H2,17,20)/t9-/m0/s1. The first-order chi connectivity index (χ1) is 11.5. The van der Waals surface area contributed by atoms with E-state index in [1.165, 1.54) is 23.1 Å². The summed E-state index contributed by atoms with van der Waals surface area (Å²) >= 11 is 4.21. The Hall–Kier alpha value is -1.90. The van der Waals surface area contributed by atoms with Gasteiger partial charge in [-0.1, -0.05) is 23.9 Å². The maximum absolute atomic E-state index is 13.0. The van der Waals surface area contributed by atoms with E-state index in [0.29, 0.717) is 21.9 Å². The summed E-state index contributed by atoms with van der Waals surface area (Å²) in [5.74, 6) is -0.440. The number of nitrogens with two attached hydrogens (primary N) is 1. The molecule has 3 aromatic heterocycles. The van der Waals surface area contributed by atoms with Crippen LogP contribution in [0, 0.1) is 0 Å². The van der Waals surface area contributed by atoms with Crippen molar-refractivity contribution in [2.45, 2.75) is 23.9 Å². The van der Waals surface area contributed by atoms with Crippen molar-refractivity contribution in [3.63, 3.8) is 0 Å². The molecule has 3 heterocycles. The number of primary amides is 1. The van der Waals surface area contributed by atoms with Crippen LogP contribution in [0.3, 0.4) is 0 Å². The highest BCUT2D eigenvalue weighted by Gasteiger charge is 2.20. The van der Waals surface area contributed by atoms with Crippen molar-refractivity contribution in [2.24, 2.45) is 5.73 Å². The lowest BCUT2D eigenvalue weighted by Gasteiger charge is -2.12. The number of allylic oxidation sites excluding steroid dienone is 1. The van der Waals surface area contributed by atoms with Crippen LogP contribution in [0.4, 0.5) is 0 Å². The molecule has 0 saturated heterocycles. The minimum absolute atomic E-state index is 0.122. The highest BCUT2D eigenvalue weighted by atomic mass is 32.2. The van der Waals surface area contributed by atoms with Crippen LogP contribution in [0.2, 0.25) is 0 Å². The van der Waals surface area contributed by atoms with Crippen LogP contribution in [-0.4, -0.2) is 20.7 Å². The lowest BCUT2D eigenvalue weighted by atomic mass is 10.2. The molecule has 0 saturated carbocycles. The van der Waals surface area contributed by atoms with Gasteiger partial charge in [-0.2, -0.15) is 0 Å². The highest BCUT2D eigenvalue weighted by Crippen LogP contribution is 2.35. The van der Waals surface area contributed by atoms with Crippen molar-refractivity contribution < 1.29 is 4.79 Å². The van der Waals surface area contributed by atoms with Gasteiger partial charge in [-0.25, -0.2) is 4.98 Å². The van der Waals surface area contributed by atoms with Crippen LogP contribution >= 0.6 is 34.4 Å². The molecule has 24 heavy (non-hydrogen) atoms. The molecule has 0 fully saturated rings. The fourth-order valence-electron chi connectivity index (χ4n) is 2.22. The second kappa shape index (κ2) is 6.92. The molecule has 0 bridgehead atoms. The van der Waals surface area contributed by atoms with Crippen LogP contribution in [0.1, 0.15) is 6.92 Å². The Morgan fingerprint density at radius 1 is 1.54 bits per heavy atom. The maximum atomic E-state index is 13.0. The SMILES string of the molecule is C=CCn1c(S[C@@H](C)C(N)=O)nc2scc(-c3cccs3)c2c1=O. The van der Waals surface area contributed by atoms with E-state index in [-0.39, 0.29) is 5.56 Å². The number of aromatic nitrogens is 2. The minimum atomic E-state index is -0.470. The lowest BCUT2D eigenvalue weighted by molar-refractivity contribution is -0.117. The van der Waals surface area contributed by atoms with Crippen LogP contribution in [-0.2, 0) is 11.3 Å². The quantitative estimate of drug-likeness (QED) is 0.406. The summed E-state index contributed by atoms with van der Waals surface area (Å²) in [7, 11) is 0. The van der Waals surface area contributed by atoms with Crippen molar-refractivity contribution in [1.29, 1.82) is 0 Å². The largest absolute Gasteiger partial charge is 0.369 e. The van der Waals surface area contributed by atoms with E-state index in [9.17, 15) is 9.59 Å². The van der Waals surface area contributed by atoms with Gasteiger partial charge < -0.3 is 5.73 Å². The molecule has 3 rings (SSSR count). The summed E-state index contributed by atoms with van der Waals surface area (Å²) in [5.41, 5.74) is 6.12. The van der Waals surface area contributed by atoms with Crippen molar-refractivity contribution in [1.82, 2.24) is 9.55 Å². The Bertz CT molecular complexity index is 957. The maximum Gasteiger partial charge on any atom is 0.263 e. The van der Waals surface area contributed by atoms with E-state index in [0.717, 1.165) is 10.4 Å². The third-order valence-electron chi connectivity index (χ3n) is 3.44. The molecule has 0 aliphatic carbocycles. The Morgan fingerprint density at radius 2 is 2.33 bits per heavy atom. The second-order valence-corrected chi connectivity index (χ2v) is 8.18. The first kappa shape index (κ1) is 16.9. The molecule has 3 aromatic rings. The highest BCUT2D eigenvalue weighted by molar-refractivity contribution is 8.00. The Kier molecular flexibility index (Phi) is 4.88. The summed E-state index contributed by atoms with van der Waals surface area (Å²) in [6.45, 7) is 5.74.